The predicted octanol–water partition coefficient (Wildman–Crippen LogP) is 1.96. The van der Waals surface area contributed by atoms with Crippen LogP contribution in [0.5, 0.6) is 0 Å². The average molecular weight is 287 g/mol. The van der Waals surface area contributed by atoms with E-state index in [2.05, 4.69) is 17.1 Å². The number of hydrogen-bond donors (Lipinski definition) is 1. The zero-order valence-corrected chi connectivity index (χ0v) is 11.9. The Morgan fingerprint density at radius 1 is 1.35 bits per heavy atom. The van der Waals surface area contributed by atoms with Crippen molar-refractivity contribution in [1.82, 2.24) is 9.88 Å². The third kappa shape index (κ3) is 2.46. The Bertz CT molecular complexity index is 570. The zero-order valence-electron chi connectivity index (χ0n) is 11.1. The van der Waals surface area contributed by atoms with Crippen LogP contribution in [0, 0.1) is 5.92 Å². The second kappa shape index (κ2) is 5.73. The second-order valence-electron chi connectivity index (χ2n) is 5.10. The highest BCUT2D eigenvalue weighted by atomic mass is 32.1. The molecule has 1 amide bonds. The molecule has 20 heavy (non-hydrogen) atoms. The first kappa shape index (κ1) is 13.3. The van der Waals surface area contributed by atoms with Gasteiger partial charge < -0.3 is 10.6 Å². The Hall–Kier alpha value is -1.72. The number of aromatic nitrogens is 1. The lowest BCUT2D eigenvalue weighted by Gasteiger charge is -2.16. The van der Waals surface area contributed by atoms with Crippen molar-refractivity contribution in [3.63, 3.8) is 0 Å². The van der Waals surface area contributed by atoms with Gasteiger partial charge in [-0.05, 0) is 18.0 Å². The van der Waals surface area contributed by atoms with E-state index < -0.39 is 0 Å². The highest BCUT2D eigenvalue weighted by Gasteiger charge is 2.35. The van der Waals surface area contributed by atoms with Crippen molar-refractivity contribution in [2.75, 3.05) is 19.6 Å². The summed E-state index contributed by atoms with van der Waals surface area (Å²) >= 11 is 1.45. The molecule has 2 N–H and O–H groups in total. The van der Waals surface area contributed by atoms with Crippen LogP contribution in [0.25, 0.3) is 0 Å². The molecule has 4 nitrogen and oxygen atoms in total. The number of carbonyl (C=O) groups excluding carboxylic acids is 1. The van der Waals surface area contributed by atoms with Crippen LogP contribution in [0.4, 0.5) is 0 Å². The first-order chi connectivity index (χ1) is 9.79. The number of hydrogen-bond acceptors (Lipinski definition) is 4. The van der Waals surface area contributed by atoms with Crippen LogP contribution in [-0.2, 0) is 0 Å². The predicted molar refractivity (Wildman–Crippen MR) is 79.7 cm³/mol. The molecule has 2 heterocycles. The van der Waals surface area contributed by atoms with Gasteiger partial charge in [0.2, 0.25) is 0 Å². The summed E-state index contributed by atoms with van der Waals surface area (Å²) < 4.78 is 0. The molecule has 0 radical (unpaired) electrons. The molecule has 0 unspecified atom stereocenters. The van der Waals surface area contributed by atoms with E-state index in [0.717, 1.165) is 6.54 Å². The first-order valence-corrected chi connectivity index (χ1v) is 7.66. The van der Waals surface area contributed by atoms with Crippen molar-refractivity contribution in [2.45, 2.75) is 5.92 Å². The van der Waals surface area contributed by atoms with Gasteiger partial charge in [0.1, 0.15) is 5.69 Å². The maximum Gasteiger partial charge on any atom is 0.273 e. The Labute approximate surface area is 122 Å². The van der Waals surface area contributed by atoms with Gasteiger partial charge in [-0.3, -0.25) is 4.79 Å². The van der Waals surface area contributed by atoms with Crippen molar-refractivity contribution in [3.05, 3.63) is 52.5 Å². The number of likely N-dealkylation sites (tertiary alicyclic amines) is 1. The molecule has 1 aliphatic heterocycles. The van der Waals surface area contributed by atoms with E-state index in [1.165, 1.54) is 16.9 Å². The van der Waals surface area contributed by atoms with E-state index >= 15 is 0 Å². The van der Waals surface area contributed by atoms with E-state index in [1.807, 2.05) is 23.1 Å². The molecule has 0 bridgehead atoms. The summed E-state index contributed by atoms with van der Waals surface area (Å²) in [5, 5.41) is 1.80. The summed E-state index contributed by atoms with van der Waals surface area (Å²) in [7, 11) is 0. The van der Waals surface area contributed by atoms with Crippen molar-refractivity contribution in [2.24, 2.45) is 11.7 Å². The van der Waals surface area contributed by atoms with Gasteiger partial charge in [0, 0.05) is 24.4 Å². The summed E-state index contributed by atoms with van der Waals surface area (Å²) in [6.07, 6.45) is 0. The summed E-state index contributed by atoms with van der Waals surface area (Å²) in [4.78, 5) is 18.4. The van der Waals surface area contributed by atoms with Crippen molar-refractivity contribution in [3.8, 4) is 0 Å². The topological polar surface area (TPSA) is 59.2 Å². The molecule has 0 saturated carbocycles. The smallest absolute Gasteiger partial charge is 0.273 e. The van der Waals surface area contributed by atoms with E-state index in [4.69, 9.17) is 5.73 Å². The average Bonchev–Trinajstić information content (AvgIpc) is 3.17. The molecular weight excluding hydrogens is 270 g/mol. The van der Waals surface area contributed by atoms with Crippen LogP contribution in [-0.4, -0.2) is 35.4 Å². The van der Waals surface area contributed by atoms with Crippen LogP contribution in [0.1, 0.15) is 22.0 Å². The van der Waals surface area contributed by atoms with Crippen molar-refractivity contribution in [1.29, 1.82) is 0 Å². The minimum Gasteiger partial charge on any atom is -0.336 e. The van der Waals surface area contributed by atoms with Gasteiger partial charge in [-0.2, -0.15) is 0 Å². The maximum atomic E-state index is 12.4. The number of nitrogens with zero attached hydrogens (tertiary/aromatic N) is 2. The lowest BCUT2D eigenvalue weighted by molar-refractivity contribution is 0.0781. The minimum atomic E-state index is 0.0168. The van der Waals surface area contributed by atoms with E-state index in [-0.39, 0.29) is 5.91 Å². The van der Waals surface area contributed by atoms with Gasteiger partial charge in [0.15, 0.2) is 0 Å². The molecule has 1 aliphatic rings. The number of rotatable bonds is 3. The molecule has 1 saturated heterocycles. The number of carbonyl (C=O) groups is 1. The highest BCUT2D eigenvalue weighted by Crippen LogP contribution is 2.32. The Morgan fingerprint density at radius 3 is 2.80 bits per heavy atom. The molecule has 2 atom stereocenters. The molecule has 1 aromatic heterocycles. The fraction of sp³-hybridized carbons (Fsp3) is 0.333. The summed E-state index contributed by atoms with van der Waals surface area (Å²) in [6, 6.07) is 10.3. The van der Waals surface area contributed by atoms with Crippen LogP contribution in [0.2, 0.25) is 0 Å². The number of thiazole rings is 1. The van der Waals surface area contributed by atoms with E-state index in [1.54, 1.807) is 10.9 Å². The van der Waals surface area contributed by atoms with Crippen LogP contribution in [0.3, 0.4) is 0 Å². The van der Waals surface area contributed by atoms with Crippen molar-refractivity contribution >= 4 is 17.2 Å². The van der Waals surface area contributed by atoms with Gasteiger partial charge >= 0.3 is 0 Å². The number of nitrogens with two attached hydrogens (primary N) is 1. The third-order valence-electron chi connectivity index (χ3n) is 3.91. The quantitative estimate of drug-likeness (QED) is 0.938. The molecule has 1 aromatic carbocycles. The first-order valence-electron chi connectivity index (χ1n) is 6.72. The molecule has 104 valence electrons. The molecule has 0 spiro atoms. The maximum absolute atomic E-state index is 12.4. The third-order valence-corrected chi connectivity index (χ3v) is 4.50. The summed E-state index contributed by atoms with van der Waals surface area (Å²) in [5.74, 6) is 0.659. The molecule has 1 fully saturated rings. The molecule has 5 heteroatoms. The zero-order chi connectivity index (χ0) is 13.9. The fourth-order valence-electron chi connectivity index (χ4n) is 2.83. The molecular formula is C15H17N3OS. The molecule has 3 rings (SSSR count). The SMILES string of the molecule is NC[C@@H]1CN(C(=O)c2cscn2)C[C@H]1c1ccccc1. The van der Waals surface area contributed by atoms with Gasteiger partial charge in [0.25, 0.3) is 5.91 Å². The van der Waals surface area contributed by atoms with Gasteiger partial charge in [0.05, 0.1) is 5.51 Å². The number of amides is 1. The van der Waals surface area contributed by atoms with Gasteiger partial charge in [-0.1, -0.05) is 30.3 Å². The summed E-state index contributed by atoms with van der Waals surface area (Å²) in [5.41, 5.74) is 9.39. The lowest BCUT2D eigenvalue weighted by atomic mass is 9.89. The van der Waals surface area contributed by atoms with Crippen LogP contribution >= 0.6 is 11.3 Å². The van der Waals surface area contributed by atoms with Crippen molar-refractivity contribution < 1.29 is 4.79 Å². The van der Waals surface area contributed by atoms with E-state index in [9.17, 15) is 4.79 Å². The standard InChI is InChI=1S/C15H17N3OS/c16-6-12-7-18(15(19)14-9-20-10-17-14)8-13(12)11-4-2-1-3-5-11/h1-5,9-10,12-13H,6-8,16H2/t12-,13+/m1/s1. The van der Waals surface area contributed by atoms with E-state index in [0.29, 0.717) is 30.6 Å². The summed E-state index contributed by atoms with van der Waals surface area (Å²) in [6.45, 7) is 2.04. The molecule has 2 aromatic rings. The Morgan fingerprint density at radius 2 is 2.15 bits per heavy atom. The highest BCUT2D eigenvalue weighted by molar-refractivity contribution is 7.07. The normalized spacial score (nSPS) is 22.1. The monoisotopic (exact) mass is 287 g/mol. The largest absolute Gasteiger partial charge is 0.336 e. The Balaban J connectivity index is 1.80. The van der Waals surface area contributed by atoms with Gasteiger partial charge in [-0.25, -0.2) is 4.98 Å². The molecule has 0 aliphatic carbocycles. The Kier molecular flexibility index (Phi) is 3.80. The van der Waals surface area contributed by atoms with Gasteiger partial charge in [-0.15, -0.1) is 11.3 Å². The van der Waals surface area contributed by atoms with Crippen LogP contribution in [0.15, 0.2) is 41.2 Å². The number of benzene rings is 1. The fourth-order valence-corrected chi connectivity index (χ4v) is 3.36. The van der Waals surface area contributed by atoms with Crippen LogP contribution < -0.4 is 5.73 Å². The minimum absolute atomic E-state index is 0.0168. The second-order valence-corrected chi connectivity index (χ2v) is 5.82. The lowest BCUT2D eigenvalue weighted by Crippen LogP contribution is -2.30.